The Bertz CT molecular complexity index is 1260. The second-order valence-corrected chi connectivity index (χ2v) is 7.36. The molecule has 0 fully saturated rings. The second-order valence-electron chi connectivity index (χ2n) is 6.27. The van der Waals surface area contributed by atoms with Gasteiger partial charge in [0.25, 0.3) is 0 Å². The van der Waals surface area contributed by atoms with E-state index < -0.39 is 0 Å². The molecule has 6 heteroatoms. The molecule has 0 aliphatic carbocycles. The molecule has 0 radical (unpaired) electrons. The van der Waals surface area contributed by atoms with Crippen LogP contribution in [0.5, 0.6) is 5.75 Å². The summed E-state index contributed by atoms with van der Waals surface area (Å²) in [4.78, 5) is 13.6. The Kier molecular flexibility index (Phi) is 3.58. The van der Waals surface area contributed by atoms with E-state index >= 15 is 0 Å². The van der Waals surface area contributed by atoms with E-state index in [-0.39, 0.29) is 0 Å². The fraction of sp³-hybridized carbons (Fsp3) is 0.0476. The molecule has 0 amide bonds. The summed E-state index contributed by atoms with van der Waals surface area (Å²) in [5.74, 6) is 1.93. The van der Waals surface area contributed by atoms with Crippen molar-refractivity contribution in [2.75, 3.05) is 12.8 Å². The number of fused-ring (bicyclic) bond motifs is 2. The predicted molar refractivity (Wildman–Crippen MR) is 111 cm³/mol. The molecule has 0 unspecified atom stereocenters. The highest BCUT2D eigenvalue weighted by Gasteiger charge is 2.13. The van der Waals surface area contributed by atoms with Gasteiger partial charge < -0.3 is 15.5 Å². The summed E-state index contributed by atoms with van der Waals surface area (Å²) >= 11 is 1.74. The minimum atomic E-state index is 0.450. The van der Waals surface area contributed by atoms with E-state index in [0.29, 0.717) is 11.6 Å². The number of anilines is 1. The molecule has 2 aromatic carbocycles. The van der Waals surface area contributed by atoms with Crippen LogP contribution in [0, 0.1) is 0 Å². The van der Waals surface area contributed by atoms with Crippen LogP contribution in [0.1, 0.15) is 0 Å². The van der Waals surface area contributed by atoms with Crippen molar-refractivity contribution < 1.29 is 4.74 Å². The van der Waals surface area contributed by atoms with Crippen molar-refractivity contribution in [3.8, 4) is 27.6 Å². The van der Waals surface area contributed by atoms with Gasteiger partial charge in [0.15, 0.2) is 0 Å². The molecule has 0 aliphatic rings. The minimum absolute atomic E-state index is 0.450. The van der Waals surface area contributed by atoms with Crippen molar-refractivity contribution in [1.29, 1.82) is 0 Å². The topological polar surface area (TPSA) is 76.8 Å². The molecule has 27 heavy (non-hydrogen) atoms. The highest BCUT2D eigenvalue weighted by atomic mass is 32.1. The Morgan fingerprint density at radius 2 is 1.96 bits per heavy atom. The largest absolute Gasteiger partial charge is 0.497 e. The summed E-state index contributed by atoms with van der Waals surface area (Å²) in [7, 11) is 1.65. The number of imidazole rings is 1. The molecule has 3 heterocycles. The summed E-state index contributed by atoms with van der Waals surface area (Å²) < 4.78 is 6.53. The zero-order valence-corrected chi connectivity index (χ0v) is 15.4. The molecule has 0 aliphatic heterocycles. The summed E-state index contributed by atoms with van der Waals surface area (Å²) in [6, 6.07) is 18.3. The van der Waals surface area contributed by atoms with Gasteiger partial charge in [-0.1, -0.05) is 18.2 Å². The highest BCUT2D eigenvalue weighted by molar-refractivity contribution is 7.22. The first kappa shape index (κ1) is 15.8. The molecule has 5 rings (SSSR count). The number of aromatic amines is 1. The summed E-state index contributed by atoms with van der Waals surface area (Å²) in [6.45, 7) is 0. The third-order valence-corrected chi connectivity index (χ3v) is 5.74. The Hall–Kier alpha value is -3.38. The third kappa shape index (κ3) is 2.71. The smallest absolute Gasteiger partial charge is 0.142 e. The number of rotatable bonds is 3. The number of nitrogens with two attached hydrogens (primary N) is 1. The van der Waals surface area contributed by atoms with Crippen LogP contribution in [0.4, 0.5) is 5.82 Å². The van der Waals surface area contributed by atoms with E-state index in [4.69, 9.17) is 10.5 Å². The molecule has 0 saturated heterocycles. The van der Waals surface area contributed by atoms with Crippen molar-refractivity contribution in [3.63, 3.8) is 0 Å². The Balaban J connectivity index is 1.63. The second kappa shape index (κ2) is 6.10. The quantitative estimate of drug-likeness (QED) is 0.462. The fourth-order valence-electron chi connectivity index (χ4n) is 3.17. The molecule has 3 aromatic heterocycles. The fourth-order valence-corrected chi connectivity index (χ4v) is 4.21. The number of hydrogen-bond acceptors (Lipinski definition) is 5. The van der Waals surface area contributed by atoms with Gasteiger partial charge in [0, 0.05) is 27.4 Å². The van der Waals surface area contributed by atoms with Crippen LogP contribution in [0.15, 0.2) is 60.8 Å². The van der Waals surface area contributed by atoms with Gasteiger partial charge in [-0.05, 0) is 35.7 Å². The predicted octanol–water partition coefficient (Wildman–Crippen LogP) is 5.10. The van der Waals surface area contributed by atoms with Crippen LogP contribution in [-0.4, -0.2) is 22.1 Å². The Morgan fingerprint density at radius 3 is 2.81 bits per heavy atom. The monoisotopic (exact) mass is 372 g/mol. The lowest BCUT2D eigenvalue weighted by Gasteiger charge is -2.04. The molecular weight excluding hydrogens is 356 g/mol. The van der Waals surface area contributed by atoms with Crippen molar-refractivity contribution in [1.82, 2.24) is 15.0 Å². The summed E-state index contributed by atoms with van der Waals surface area (Å²) in [5, 5.41) is 1.23. The Labute approximate surface area is 159 Å². The third-order valence-electron chi connectivity index (χ3n) is 4.57. The van der Waals surface area contributed by atoms with E-state index in [1.54, 1.807) is 18.4 Å². The molecule has 0 atom stereocenters. The van der Waals surface area contributed by atoms with Crippen molar-refractivity contribution in [2.24, 2.45) is 0 Å². The van der Waals surface area contributed by atoms with Crippen LogP contribution in [0.2, 0.25) is 0 Å². The SMILES string of the molecule is COc1ccc2nc(-c3cc(-c4cc5ccccc5s4)cnc3N)[nH]c2c1. The van der Waals surface area contributed by atoms with Gasteiger partial charge in [-0.3, -0.25) is 0 Å². The van der Waals surface area contributed by atoms with Gasteiger partial charge in [0.05, 0.1) is 23.7 Å². The molecular formula is C21H16N4OS. The number of benzene rings is 2. The lowest BCUT2D eigenvalue weighted by Crippen LogP contribution is -1.95. The molecule has 5 aromatic rings. The van der Waals surface area contributed by atoms with E-state index in [1.807, 2.05) is 36.5 Å². The molecule has 5 nitrogen and oxygen atoms in total. The lowest BCUT2D eigenvalue weighted by atomic mass is 10.1. The minimum Gasteiger partial charge on any atom is -0.497 e. The van der Waals surface area contributed by atoms with Gasteiger partial charge >= 0.3 is 0 Å². The number of H-pyrrole nitrogens is 1. The van der Waals surface area contributed by atoms with Crippen molar-refractivity contribution in [2.45, 2.75) is 0 Å². The van der Waals surface area contributed by atoms with Crippen molar-refractivity contribution in [3.05, 3.63) is 60.8 Å². The van der Waals surface area contributed by atoms with Crippen LogP contribution in [0.25, 0.3) is 42.9 Å². The van der Waals surface area contributed by atoms with Gasteiger partial charge in [0.1, 0.15) is 17.4 Å². The summed E-state index contributed by atoms with van der Waals surface area (Å²) in [6.07, 6.45) is 1.81. The van der Waals surface area contributed by atoms with Crippen LogP contribution in [0.3, 0.4) is 0 Å². The first-order valence-corrected chi connectivity index (χ1v) is 9.31. The first-order chi connectivity index (χ1) is 13.2. The molecule has 0 spiro atoms. The maximum absolute atomic E-state index is 6.16. The molecule has 0 saturated carbocycles. The number of nitrogens with zero attached hydrogens (tertiary/aromatic N) is 2. The normalized spacial score (nSPS) is 11.3. The number of nitrogen functional groups attached to an aromatic ring is 1. The maximum Gasteiger partial charge on any atom is 0.142 e. The number of hydrogen-bond donors (Lipinski definition) is 2. The number of nitrogens with one attached hydrogen (secondary N) is 1. The maximum atomic E-state index is 6.16. The van der Waals surface area contributed by atoms with Crippen molar-refractivity contribution >= 4 is 38.3 Å². The van der Waals surface area contributed by atoms with Crippen LogP contribution in [-0.2, 0) is 0 Å². The van der Waals surface area contributed by atoms with E-state index in [2.05, 4.69) is 39.2 Å². The molecule has 0 bridgehead atoms. The van der Waals surface area contributed by atoms with E-state index in [1.165, 1.54) is 10.1 Å². The zero-order valence-electron chi connectivity index (χ0n) is 14.6. The number of aromatic nitrogens is 3. The van der Waals surface area contributed by atoms with E-state index in [0.717, 1.165) is 32.8 Å². The van der Waals surface area contributed by atoms with Crippen LogP contribution < -0.4 is 10.5 Å². The Morgan fingerprint density at radius 1 is 1.07 bits per heavy atom. The van der Waals surface area contributed by atoms with Gasteiger partial charge in [-0.2, -0.15) is 0 Å². The molecule has 3 N–H and O–H groups in total. The van der Waals surface area contributed by atoms with Gasteiger partial charge in [0.2, 0.25) is 0 Å². The van der Waals surface area contributed by atoms with Crippen LogP contribution >= 0.6 is 11.3 Å². The number of pyridine rings is 1. The number of thiophene rings is 1. The number of methoxy groups -OCH3 is 1. The van der Waals surface area contributed by atoms with Gasteiger partial charge in [-0.25, -0.2) is 9.97 Å². The highest BCUT2D eigenvalue weighted by Crippen LogP contribution is 2.36. The number of ether oxygens (including phenoxy) is 1. The average molecular weight is 372 g/mol. The lowest BCUT2D eigenvalue weighted by molar-refractivity contribution is 0.415. The zero-order chi connectivity index (χ0) is 18.4. The van der Waals surface area contributed by atoms with Gasteiger partial charge in [-0.15, -0.1) is 11.3 Å². The average Bonchev–Trinajstić information content (AvgIpc) is 3.31. The van der Waals surface area contributed by atoms with E-state index in [9.17, 15) is 0 Å². The summed E-state index contributed by atoms with van der Waals surface area (Å²) in [5.41, 5.74) is 9.74. The first-order valence-electron chi connectivity index (χ1n) is 8.50. The molecule has 132 valence electrons. The standard InChI is InChI=1S/C21H16N4OS/c1-26-14-6-7-16-17(10-14)25-21(24-16)15-8-13(11-23-20(15)22)19-9-12-4-2-3-5-18(12)27-19/h2-11H,1H3,(H2,22,23)(H,24,25).